The Hall–Kier alpha value is -0.420. The predicted molar refractivity (Wildman–Crippen MR) is 67.7 cm³/mol. The van der Waals surface area contributed by atoms with Gasteiger partial charge in [-0.1, -0.05) is 0 Å². The Morgan fingerprint density at radius 2 is 2.44 bits per heavy atom. The summed E-state index contributed by atoms with van der Waals surface area (Å²) in [6.07, 6.45) is 1.11. The highest BCUT2D eigenvalue weighted by atomic mass is 32.1. The molecular formula is C12H20N2OS. The normalized spacial score (nSPS) is 24.9. The summed E-state index contributed by atoms with van der Waals surface area (Å²) in [5.41, 5.74) is 7.45. The Kier molecular flexibility index (Phi) is 3.97. The van der Waals surface area contributed by atoms with Crippen LogP contribution in [-0.2, 0) is 4.74 Å². The molecule has 1 aliphatic heterocycles. The smallest absolute Gasteiger partial charge is 0.0622 e. The molecule has 0 amide bonds. The van der Waals surface area contributed by atoms with Gasteiger partial charge in [0.2, 0.25) is 0 Å². The van der Waals surface area contributed by atoms with Gasteiger partial charge in [-0.3, -0.25) is 4.90 Å². The van der Waals surface area contributed by atoms with Gasteiger partial charge in [-0.15, -0.1) is 0 Å². The lowest BCUT2D eigenvalue weighted by atomic mass is 10.0. The molecule has 1 aromatic rings. The highest BCUT2D eigenvalue weighted by Gasteiger charge is 2.29. The molecule has 4 heteroatoms. The van der Waals surface area contributed by atoms with Crippen LogP contribution >= 0.6 is 11.3 Å². The average molecular weight is 240 g/mol. The lowest BCUT2D eigenvalue weighted by molar-refractivity contribution is 0.123. The fourth-order valence-electron chi connectivity index (χ4n) is 2.42. The number of rotatable bonds is 4. The number of nitrogens with zero attached hydrogens (tertiary/aromatic N) is 1. The van der Waals surface area contributed by atoms with Crippen molar-refractivity contribution in [1.29, 1.82) is 0 Å². The van der Waals surface area contributed by atoms with E-state index < -0.39 is 0 Å². The molecule has 90 valence electrons. The molecular weight excluding hydrogens is 220 g/mol. The fraction of sp³-hybridized carbons (Fsp3) is 0.667. The minimum absolute atomic E-state index is 0.139. The van der Waals surface area contributed by atoms with Gasteiger partial charge in [0, 0.05) is 18.7 Å². The van der Waals surface area contributed by atoms with E-state index in [1.165, 1.54) is 5.56 Å². The molecule has 0 aromatic carbocycles. The van der Waals surface area contributed by atoms with Crippen LogP contribution in [0.15, 0.2) is 16.8 Å². The molecule has 2 rings (SSSR count). The maximum atomic E-state index is 6.12. The molecule has 1 saturated heterocycles. The Labute approximate surface area is 101 Å². The lowest BCUT2D eigenvalue weighted by Gasteiger charge is -2.34. The molecule has 3 unspecified atom stereocenters. The number of ether oxygens (including phenoxy) is 1. The van der Waals surface area contributed by atoms with Crippen molar-refractivity contribution in [3.05, 3.63) is 22.4 Å². The van der Waals surface area contributed by atoms with E-state index in [-0.39, 0.29) is 6.04 Å². The van der Waals surface area contributed by atoms with Crippen molar-refractivity contribution in [3.8, 4) is 0 Å². The summed E-state index contributed by atoms with van der Waals surface area (Å²) in [7, 11) is 2.16. The topological polar surface area (TPSA) is 38.5 Å². The lowest BCUT2D eigenvalue weighted by Crippen LogP contribution is -2.43. The molecule has 0 saturated carbocycles. The van der Waals surface area contributed by atoms with E-state index in [1.54, 1.807) is 11.3 Å². The van der Waals surface area contributed by atoms with Crippen LogP contribution in [0.3, 0.4) is 0 Å². The number of likely N-dealkylation sites (N-methyl/N-ethyl adjacent to an activating group) is 1. The van der Waals surface area contributed by atoms with Crippen LogP contribution in [0.2, 0.25) is 0 Å². The van der Waals surface area contributed by atoms with E-state index in [0.717, 1.165) is 19.6 Å². The molecule has 3 nitrogen and oxygen atoms in total. The Morgan fingerprint density at radius 3 is 2.94 bits per heavy atom. The second-order valence-electron chi connectivity index (χ2n) is 4.54. The molecule has 1 aliphatic rings. The molecule has 3 atom stereocenters. The van der Waals surface area contributed by atoms with Crippen LogP contribution in [0.1, 0.15) is 24.9 Å². The largest absolute Gasteiger partial charge is 0.380 e. The Balaban J connectivity index is 2.12. The van der Waals surface area contributed by atoms with Crippen molar-refractivity contribution in [3.63, 3.8) is 0 Å². The monoisotopic (exact) mass is 240 g/mol. The van der Waals surface area contributed by atoms with Crippen LogP contribution in [0.25, 0.3) is 0 Å². The highest BCUT2D eigenvalue weighted by molar-refractivity contribution is 7.07. The third-order valence-corrected chi connectivity index (χ3v) is 4.00. The third-order valence-electron chi connectivity index (χ3n) is 3.30. The van der Waals surface area contributed by atoms with E-state index >= 15 is 0 Å². The molecule has 2 heterocycles. The highest BCUT2D eigenvalue weighted by Crippen LogP contribution is 2.28. The first-order valence-electron chi connectivity index (χ1n) is 5.77. The van der Waals surface area contributed by atoms with Gasteiger partial charge in [0.15, 0.2) is 0 Å². The van der Waals surface area contributed by atoms with Crippen molar-refractivity contribution in [2.45, 2.75) is 31.5 Å². The van der Waals surface area contributed by atoms with E-state index in [4.69, 9.17) is 10.5 Å². The van der Waals surface area contributed by atoms with Gasteiger partial charge in [-0.25, -0.2) is 0 Å². The minimum Gasteiger partial charge on any atom is -0.380 e. The number of nitrogens with two attached hydrogens (primary N) is 1. The zero-order valence-electron chi connectivity index (χ0n) is 9.93. The minimum atomic E-state index is 0.139. The first kappa shape index (κ1) is 12.0. The van der Waals surface area contributed by atoms with Crippen LogP contribution < -0.4 is 5.73 Å². The summed E-state index contributed by atoms with van der Waals surface area (Å²) in [6.45, 7) is 3.79. The quantitative estimate of drug-likeness (QED) is 0.873. The van der Waals surface area contributed by atoms with Gasteiger partial charge in [-0.2, -0.15) is 11.3 Å². The van der Waals surface area contributed by atoms with Gasteiger partial charge in [0.1, 0.15) is 0 Å². The number of thiophene rings is 1. The van der Waals surface area contributed by atoms with Crippen LogP contribution in [-0.4, -0.2) is 37.2 Å². The maximum absolute atomic E-state index is 6.12. The third kappa shape index (κ3) is 2.46. The van der Waals surface area contributed by atoms with E-state index in [2.05, 4.69) is 35.7 Å². The second-order valence-corrected chi connectivity index (χ2v) is 5.32. The van der Waals surface area contributed by atoms with Gasteiger partial charge in [0.05, 0.1) is 12.6 Å². The van der Waals surface area contributed by atoms with Gasteiger partial charge >= 0.3 is 0 Å². The zero-order valence-corrected chi connectivity index (χ0v) is 10.7. The van der Waals surface area contributed by atoms with Crippen molar-refractivity contribution in [2.24, 2.45) is 5.73 Å². The van der Waals surface area contributed by atoms with Crippen molar-refractivity contribution < 1.29 is 4.74 Å². The van der Waals surface area contributed by atoms with E-state index in [0.29, 0.717) is 12.1 Å². The first-order valence-corrected chi connectivity index (χ1v) is 6.72. The number of hydrogen-bond donors (Lipinski definition) is 1. The van der Waals surface area contributed by atoms with Crippen molar-refractivity contribution >= 4 is 11.3 Å². The van der Waals surface area contributed by atoms with Crippen LogP contribution in [0.4, 0.5) is 0 Å². The SMILES string of the molecule is CC(N)C(c1ccsc1)N(C)C1CCOC1. The summed E-state index contributed by atoms with van der Waals surface area (Å²) in [4.78, 5) is 2.37. The zero-order chi connectivity index (χ0) is 11.5. The second kappa shape index (κ2) is 5.27. The summed E-state index contributed by atoms with van der Waals surface area (Å²) in [5, 5.41) is 4.31. The standard InChI is InChI=1S/C12H20N2OS/c1-9(13)12(10-4-6-16-8-10)14(2)11-3-5-15-7-11/h4,6,8-9,11-12H,3,5,7,13H2,1-2H3. The average Bonchev–Trinajstić information content (AvgIpc) is 2.89. The summed E-state index contributed by atoms with van der Waals surface area (Å²) < 4.78 is 5.45. The molecule has 0 bridgehead atoms. The molecule has 16 heavy (non-hydrogen) atoms. The van der Waals surface area contributed by atoms with Gasteiger partial charge in [-0.05, 0) is 42.8 Å². The van der Waals surface area contributed by atoms with E-state index in [9.17, 15) is 0 Å². The maximum Gasteiger partial charge on any atom is 0.0622 e. The summed E-state index contributed by atoms with van der Waals surface area (Å²) in [6, 6.07) is 3.12. The van der Waals surface area contributed by atoms with Crippen molar-refractivity contribution in [1.82, 2.24) is 4.90 Å². The first-order chi connectivity index (χ1) is 7.70. The Morgan fingerprint density at radius 1 is 1.62 bits per heavy atom. The van der Waals surface area contributed by atoms with Crippen molar-refractivity contribution in [2.75, 3.05) is 20.3 Å². The van der Waals surface area contributed by atoms with Gasteiger partial charge < -0.3 is 10.5 Å². The summed E-state index contributed by atoms with van der Waals surface area (Å²) in [5.74, 6) is 0. The van der Waals surface area contributed by atoms with Gasteiger partial charge in [0.25, 0.3) is 0 Å². The van der Waals surface area contributed by atoms with Crippen LogP contribution in [0, 0.1) is 0 Å². The molecule has 0 radical (unpaired) electrons. The molecule has 1 fully saturated rings. The molecule has 0 aliphatic carbocycles. The Bertz CT molecular complexity index is 307. The molecule has 0 spiro atoms. The number of hydrogen-bond acceptors (Lipinski definition) is 4. The fourth-order valence-corrected chi connectivity index (χ4v) is 3.11. The van der Waals surface area contributed by atoms with Crippen LogP contribution in [0.5, 0.6) is 0 Å². The summed E-state index contributed by atoms with van der Waals surface area (Å²) >= 11 is 1.73. The molecule has 1 aromatic heterocycles. The molecule has 2 N–H and O–H groups in total. The predicted octanol–water partition coefficient (Wildman–Crippen LogP) is 1.86. The van der Waals surface area contributed by atoms with E-state index in [1.807, 2.05) is 0 Å².